The van der Waals surface area contributed by atoms with Crippen LogP contribution in [0.15, 0.2) is 11.6 Å². The molecular formula is C34H58O8. The van der Waals surface area contributed by atoms with Gasteiger partial charge in [0.1, 0.15) is 36.0 Å². The van der Waals surface area contributed by atoms with Gasteiger partial charge in [-0.05, 0) is 74.0 Å². The van der Waals surface area contributed by atoms with Crippen LogP contribution in [-0.2, 0) is 19.1 Å². The lowest BCUT2D eigenvalue weighted by molar-refractivity contribution is -0.303. The molecule has 4 N–H and O–H groups in total. The molecule has 242 valence electrons. The number of hydrogen-bond acceptors (Lipinski definition) is 8. The van der Waals surface area contributed by atoms with Crippen molar-refractivity contribution in [2.45, 2.75) is 137 Å². The second kappa shape index (κ2) is 14.7. The van der Waals surface area contributed by atoms with E-state index in [0.29, 0.717) is 19.3 Å². The molecule has 3 aliphatic rings. The van der Waals surface area contributed by atoms with Crippen molar-refractivity contribution in [3.05, 3.63) is 11.6 Å². The maximum atomic E-state index is 13.4. The minimum Gasteiger partial charge on any atom is -0.394 e. The Morgan fingerprint density at radius 1 is 1.10 bits per heavy atom. The van der Waals surface area contributed by atoms with Crippen LogP contribution in [0.25, 0.3) is 0 Å². The molecule has 0 aromatic rings. The number of Topliss-reactive ketones (excluding diaryl/α,β-unsaturated/α-hetero) is 2. The highest BCUT2D eigenvalue weighted by molar-refractivity contribution is 5.91. The fourth-order valence-electron chi connectivity index (χ4n) is 8.00. The second-order valence-corrected chi connectivity index (χ2v) is 14.6. The van der Waals surface area contributed by atoms with Crippen LogP contribution in [0, 0.1) is 40.4 Å². The van der Waals surface area contributed by atoms with Crippen LogP contribution in [-0.4, -0.2) is 75.9 Å². The number of carbonyl (C=O) groups is 2. The van der Waals surface area contributed by atoms with Gasteiger partial charge in [-0.2, -0.15) is 0 Å². The monoisotopic (exact) mass is 594 g/mol. The summed E-state index contributed by atoms with van der Waals surface area (Å²) in [5.41, 5.74) is 1.61. The predicted octanol–water partition coefficient (Wildman–Crippen LogP) is 4.60. The van der Waals surface area contributed by atoms with Crippen LogP contribution in [0.2, 0.25) is 0 Å². The van der Waals surface area contributed by atoms with Crippen molar-refractivity contribution in [1.82, 2.24) is 0 Å². The van der Waals surface area contributed by atoms with Crippen molar-refractivity contribution in [2.24, 2.45) is 40.4 Å². The van der Waals surface area contributed by atoms with Crippen LogP contribution in [0.3, 0.4) is 0 Å². The molecule has 1 saturated heterocycles. The van der Waals surface area contributed by atoms with Gasteiger partial charge in [-0.3, -0.25) is 9.59 Å². The molecule has 0 radical (unpaired) electrons. The van der Waals surface area contributed by atoms with E-state index < -0.39 is 37.3 Å². The van der Waals surface area contributed by atoms with Crippen LogP contribution in [0.1, 0.15) is 106 Å². The SMILES string of the molecule is CC=C1CC(C)CCC1(C)CCCC1(C)C(C)CC(=O)C1C(C)C(=O)CCC(C)COC1OC(CO)C(O)C(O)C1O. The summed E-state index contributed by atoms with van der Waals surface area (Å²) in [5.74, 6) is 0.653. The molecule has 0 amide bonds. The Balaban J connectivity index is 1.53. The summed E-state index contributed by atoms with van der Waals surface area (Å²) in [5, 5.41) is 39.5. The normalized spacial score (nSPS) is 41.7. The molecule has 1 aliphatic heterocycles. The molecule has 12 unspecified atom stereocenters. The van der Waals surface area contributed by atoms with E-state index in [2.05, 4.69) is 40.7 Å². The Hall–Kier alpha value is -1.16. The smallest absolute Gasteiger partial charge is 0.186 e. The number of ether oxygens (including phenoxy) is 2. The van der Waals surface area contributed by atoms with Crippen molar-refractivity contribution in [3.8, 4) is 0 Å². The van der Waals surface area contributed by atoms with Crippen LogP contribution in [0.5, 0.6) is 0 Å². The first-order valence-electron chi connectivity index (χ1n) is 16.3. The Labute approximate surface area is 253 Å². The molecule has 3 fully saturated rings. The van der Waals surface area contributed by atoms with E-state index >= 15 is 0 Å². The number of allylic oxidation sites excluding steroid dienone is 2. The number of ketones is 2. The maximum absolute atomic E-state index is 13.4. The number of carbonyl (C=O) groups excluding carboxylic acids is 2. The number of rotatable bonds is 13. The zero-order chi connectivity index (χ0) is 31.4. The Bertz CT molecular complexity index is 948. The molecule has 2 aliphatic carbocycles. The number of hydrogen-bond donors (Lipinski definition) is 4. The van der Waals surface area contributed by atoms with Crippen molar-refractivity contribution in [3.63, 3.8) is 0 Å². The summed E-state index contributed by atoms with van der Waals surface area (Å²) >= 11 is 0. The van der Waals surface area contributed by atoms with E-state index in [9.17, 15) is 30.0 Å². The summed E-state index contributed by atoms with van der Waals surface area (Å²) < 4.78 is 11.1. The molecule has 8 heteroatoms. The Kier molecular flexibility index (Phi) is 12.4. The summed E-state index contributed by atoms with van der Waals surface area (Å²) in [6.45, 7) is 14.8. The quantitative estimate of drug-likeness (QED) is 0.228. The lowest BCUT2D eigenvalue weighted by atomic mass is 9.62. The van der Waals surface area contributed by atoms with Gasteiger partial charge in [0.15, 0.2) is 6.29 Å². The highest BCUT2D eigenvalue weighted by atomic mass is 16.7. The van der Waals surface area contributed by atoms with Gasteiger partial charge in [0, 0.05) is 24.7 Å². The zero-order valence-electron chi connectivity index (χ0n) is 27.1. The van der Waals surface area contributed by atoms with Crippen LogP contribution >= 0.6 is 0 Å². The molecule has 8 nitrogen and oxygen atoms in total. The minimum absolute atomic E-state index is 0.0436. The summed E-state index contributed by atoms with van der Waals surface area (Å²) in [6.07, 6.45) is 3.96. The minimum atomic E-state index is -1.49. The van der Waals surface area contributed by atoms with Crippen molar-refractivity contribution < 1.29 is 39.5 Å². The van der Waals surface area contributed by atoms with E-state index in [1.54, 1.807) is 5.57 Å². The highest BCUT2D eigenvalue weighted by Gasteiger charge is 2.52. The lowest BCUT2D eigenvalue weighted by Crippen LogP contribution is -2.59. The lowest BCUT2D eigenvalue weighted by Gasteiger charge is -2.42. The first-order chi connectivity index (χ1) is 19.7. The standard InChI is InChI=1S/C34H58O8/c1-8-24-16-20(2)12-15-33(24,6)13-9-14-34(7)22(4)17-26(37)28(34)23(5)25(36)11-10-21(3)19-41-32-31(40)30(39)29(38)27(18-35)42-32/h8,20-23,27-32,35,38-40H,9-19H2,1-7H3. The third-order valence-electron chi connectivity index (χ3n) is 11.3. The summed E-state index contributed by atoms with van der Waals surface area (Å²) in [4.78, 5) is 26.7. The first kappa shape index (κ1) is 35.3. The molecule has 2 saturated carbocycles. The third kappa shape index (κ3) is 7.73. The van der Waals surface area contributed by atoms with E-state index in [0.717, 1.165) is 25.2 Å². The largest absolute Gasteiger partial charge is 0.394 e. The average Bonchev–Trinajstić information content (AvgIpc) is 3.17. The first-order valence-corrected chi connectivity index (χ1v) is 16.3. The summed E-state index contributed by atoms with van der Waals surface area (Å²) in [6, 6.07) is 0. The van der Waals surface area contributed by atoms with E-state index in [1.165, 1.54) is 19.3 Å². The van der Waals surface area contributed by atoms with Crippen LogP contribution in [0.4, 0.5) is 0 Å². The second-order valence-electron chi connectivity index (χ2n) is 14.6. The van der Waals surface area contributed by atoms with E-state index in [1.807, 2.05) is 13.8 Å². The average molecular weight is 595 g/mol. The van der Waals surface area contributed by atoms with Gasteiger partial charge in [0.25, 0.3) is 0 Å². The summed E-state index contributed by atoms with van der Waals surface area (Å²) in [7, 11) is 0. The fraction of sp³-hybridized carbons (Fsp3) is 0.882. The van der Waals surface area contributed by atoms with Gasteiger partial charge in [0.05, 0.1) is 13.2 Å². The van der Waals surface area contributed by atoms with Crippen molar-refractivity contribution >= 4 is 11.6 Å². The number of aliphatic hydroxyl groups is 4. The molecule has 1 heterocycles. The Morgan fingerprint density at radius 3 is 2.43 bits per heavy atom. The fourth-order valence-corrected chi connectivity index (χ4v) is 8.00. The van der Waals surface area contributed by atoms with E-state index in [4.69, 9.17) is 9.47 Å². The highest BCUT2D eigenvalue weighted by Crippen LogP contribution is 2.54. The third-order valence-corrected chi connectivity index (χ3v) is 11.3. The zero-order valence-corrected chi connectivity index (χ0v) is 27.1. The molecule has 0 spiro atoms. The predicted molar refractivity (Wildman–Crippen MR) is 161 cm³/mol. The molecule has 0 bridgehead atoms. The number of aliphatic hydroxyl groups excluding tert-OH is 4. The topological polar surface area (TPSA) is 134 Å². The van der Waals surface area contributed by atoms with Gasteiger partial charge in [-0.25, -0.2) is 0 Å². The van der Waals surface area contributed by atoms with Gasteiger partial charge >= 0.3 is 0 Å². The van der Waals surface area contributed by atoms with Crippen molar-refractivity contribution in [1.29, 1.82) is 0 Å². The van der Waals surface area contributed by atoms with E-state index in [-0.39, 0.29) is 52.7 Å². The Morgan fingerprint density at radius 2 is 1.79 bits per heavy atom. The van der Waals surface area contributed by atoms with Gasteiger partial charge in [0.2, 0.25) is 0 Å². The molecule has 12 atom stereocenters. The molecule has 42 heavy (non-hydrogen) atoms. The maximum Gasteiger partial charge on any atom is 0.186 e. The van der Waals surface area contributed by atoms with Gasteiger partial charge < -0.3 is 29.9 Å². The van der Waals surface area contributed by atoms with Crippen molar-refractivity contribution in [2.75, 3.05) is 13.2 Å². The molecule has 0 aromatic carbocycles. The molecular weight excluding hydrogens is 536 g/mol. The molecule has 3 rings (SSSR count). The van der Waals surface area contributed by atoms with Gasteiger partial charge in [-0.15, -0.1) is 0 Å². The van der Waals surface area contributed by atoms with Crippen LogP contribution < -0.4 is 0 Å². The molecule has 0 aromatic heterocycles. The van der Waals surface area contributed by atoms with Gasteiger partial charge in [-0.1, -0.05) is 59.6 Å².